The average molecular weight is 607 g/mol. The van der Waals surface area contributed by atoms with Crippen molar-refractivity contribution in [2.75, 3.05) is 0 Å². The Kier molecular flexibility index (Phi) is 5.98. The lowest BCUT2D eigenvalue weighted by atomic mass is 9.83. The van der Waals surface area contributed by atoms with Crippen LogP contribution in [0.15, 0.2) is 182 Å². The Labute approximate surface area is 279 Å². The maximum absolute atomic E-state index is 2.43. The van der Waals surface area contributed by atoms with Crippen molar-refractivity contribution in [3.63, 3.8) is 0 Å². The van der Waals surface area contributed by atoms with Crippen molar-refractivity contribution in [2.45, 2.75) is 0 Å². The topological polar surface area (TPSA) is 0 Å². The minimum atomic E-state index is 1.24. The second kappa shape index (κ2) is 10.7. The summed E-state index contributed by atoms with van der Waals surface area (Å²) in [4.78, 5) is 0. The molecule has 0 aliphatic heterocycles. The minimum Gasteiger partial charge on any atom is -0.0622 e. The van der Waals surface area contributed by atoms with Crippen LogP contribution in [0, 0.1) is 0 Å². The van der Waals surface area contributed by atoms with E-state index in [0.29, 0.717) is 0 Å². The predicted octanol–water partition coefficient (Wildman–Crippen LogP) is 13.6. The van der Waals surface area contributed by atoms with E-state index in [0.717, 1.165) is 0 Å². The summed E-state index contributed by atoms with van der Waals surface area (Å²) in [7, 11) is 0. The van der Waals surface area contributed by atoms with Gasteiger partial charge in [-0.05, 0) is 104 Å². The van der Waals surface area contributed by atoms with Crippen LogP contribution in [0.2, 0.25) is 0 Å². The third-order valence-electron chi connectivity index (χ3n) is 10.2. The van der Waals surface area contributed by atoms with E-state index in [4.69, 9.17) is 0 Å². The summed E-state index contributed by atoms with van der Waals surface area (Å²) in [5.74, 6) is 0. The fraction of sp³-hybridized carbons (Fsp3) is 0. The second-order valence-electron chi connectivity index (χ2n) is 12.8. The Hall–Kier alpha value is -6.24. The Bertz CT molecular complexity index is 2780. The zero-order valence-corrected chi connectivity index (χ0v) is 26.3. The van der Waals surface area contributed by atoms with Gasteiger partial charge in [0.2, 0.25) is 0 Å². The van der Waals surface area contributed by atoms with Gasteiger partial charge in [-0.15, -0.1) is 0 Å². The molecule has 0 aliphatic carbocycles. The summed E-state index contributed by atoms with van der Waals surface area (Å²) in [5.41, 5.74) is 7.58. The molecule has 0 bridgehead atoms. The SMILES string of the molecule is c1ccc(-c2ccc(-c3c4ccccc4c(-c4ccc5c6ccccc6c6ccccc6c5c4)c4ccccc34)c3ccccc23)cc1. The molecule has 0 heteroatoms. The third-order valence-corrected chi connectivity index (χ3v) is 10.2. The average Bonchev–Trinajstić information content (AvgIpc) is 3.17. The highest BCUT2D eigenvalue weighted by atomic mass is 14.2. The van der Waals surface area contributed by atoms with Crippen LogP contribution in [0.5, 0.6) is 0 Å². The zero-order chi connectivity index (χ0) is 31.6. The van der Waals surface area contributed by atoms with Crippen molar-refractivity contribution in [3.05, 3.63) is 182 Å². The highest BCUT2D eigenvalue weighted by Crippen LogP contribution is 2.47. The second-order valence-corrected chi connectivity index (χ2v) is 12.8. The van der Waals surface area contributed by atoms with E-state index >= 15 is 0 Å². The fourth-order valence-electron chi connectivity index (χ4n) is 8.18. The van der Waals surface area contributed by atoms with Gasteiger partial charge < -0.3 is 0 Å². The molecule has 0 nitrogen and oxygen atoms in total. The van der Waals surface area contributed by atoms with Gasteiger partial charge >= 0.3 is 0 Å². The molecular weight excluding hydrogens is 577 g/mol. The monoisotopic (exact) mass is 606 g/mol. The van der Waals surface area contributed by atoms with E-state index in [1.807, 2.05) is 0 Å². The van der Waals surface area contributed by atoms with Crippen LogP contribution in [0.1, 0.15) is 0 Å². The van der Waals surface area contributed by atoms with Gasteiger partial charge in [0.25, 0.3) is 0 Å². The van der Waals surface area contributed by atoms with E-state index in [9.17, 15) is 0 Å². The van der Waals surface area contributed by atoms with Gasteiger partial charge in [0.05, 0.1) is 0 Å². The quantitative estimate of drug-likeness (QED) is 0.139. The fourth-order valence-corrected chi connectivity index (χ4v) is 8.18. The normalized spacial score (nSPS) is 11.8. The van der Waals surface area contributed by atoms with Gasteiger partial charge in [-0.1, -0.05) is 176 Å². The van der Waals surface area contributed by atoms with Crippen LogP contribution < -0.4 is 0 Å². The number of fused-ring (bicyclic) bond motifs is 9. The molecule has 0 spiro atoms. The number of hydrogen-bond acceptors (Lipinski definition) is 0. The van der Waals surface area contributed by atoms with Crippen LogP contribution in [-0.2, 0) is 0 Å². The Morgan fingerprint density at radius 2 is 0.562 bits per heavy atom. The molecule has 0 amide bonds. The van der Waals surface area contributed by atoms with Crippen LogP contribution in [0.25, 0.3) is 98.0 Å². The van der Waals surface area contributed by atoms with Crippen molar-refractivity contribution in [1.82, 2.24) is 0 Å². The summed E-state index contributed by atoms with van der Waals surface area (Å²) in [6.45, 7) is 0. The Balaban J connectivity index is 1.30. The molecule has 10 rings (SSSR count). The maximum atomic E-state index is 2.43. The van der Waals surface area contributed by atoms with E-state index in [-0.39, 0.29) is 0 Å². The summed E-state index contributed by atoms with van der Waals surface area (Å²) >= 11 is 0. The van der Waals surface area contributed by atoms with Crippen molar-refractivity contribution in [1.29, 1.82) is 0 Å². The molecule has 0 heterocycles. The smallest absolute Gasteiger partial charge is 0.00201 e. The first-order valence-corrected chi connectivity index (χ1v) is 16.7. The molecule has 0 radical (unpaired) electrons. The van der Waals surface area contributed by atoms with E-state index < -0.39 is 0 Å². The molecule has 0 atom stereocenters. The van der Waals surface area contributed by atoms with E-state index in [1.54, 1.807) is 0 Å². The van der Waals surface area contributed by atoms with Gasteiger partial charge in [-0.3, -0.25) is 0 Å². The van der Waals surface area contributed by atoms with Gasteiger partial charge in [-0.25, -0.2) is 0 Å². The van der Waals surface area contributed by atoms with Gasteiger partial charge in [0.15, 0.2) is 0 Å². The zero-order valence-electron chi connectivity index (χ0n) is 26.3. The Morgan fingerprint density at radius 3 is 1.10 bits per heavy atom. The number of benzene rings is 10. The molecule has 222 valence electrons. The highest BCUT2D eigenvalue weighted by molar-refractivity contribution is 6.28. The summed E-state index contributed by atoms with van der Waals surface area (Å²) in [5, 5.41) is 15.4. The molecule has 0 fully saturated rings. The van der Waals surface area contributed by atoms with Gasteiger partial charge in [-0.2, -0.15) is 0 Å². The van der Waals surface area contributed by atoms with Gasteiger partial charge in [0.1, 0.15) is 0 Å². The lowest BCUT2D eigenvalue weighted by Crippen LogP contribution is -1.93. The highest BCUT2D eigenvalue weighted by Gasteiger charge is 2.19. The largest absolute Gasteiger partial charge is 0.0622 e. The molecule has 48 heavy (non-hydrogen) atoms. The first kappa shape index (κ1) is 26.9. The molecule has 0 aromatic heterocycles. The van der Waals surface area contributed by atoms with Crippen molar-refractivity contribution in [3.8, 4) is 33.4 Å². The van der Waals surface area contributed by atoms with Crippen LogP contribution in [0.3, 0.4) is 0 Å². The van der Waals surface area contributed by atoms with Crippen molar-refractivity contribution >= 4 is 64.6 Å². The molecule has 0 aliphatic rings. The summed E-state index contributed by atoms with van der Waals surface area (Å²) in [6, 6.07) is 67.0. The number of hydrogen-bond donors (Lipinski definition) is 0. The number of rotatable bonds is 3. The molecule has 10 aromatic carbocycles. The third kappa shape index (κ3) is 3.96. The molecule has 0 unspecified atom stereocenters. The van der Waals surface area contributed by atoms with Crippen LogP contribution in [0.4, 0.5) is 0 Å². The lowest BCUT2D eigenvalue weighted by Gasteiger charge is -2.20. The van der Waals surface area contributed by atoms with Crippen LogP contribution in [-0.4, -0.2) is 0 Å². The first-order chi connectivity index (χ1) is 23.8. The van der Waals surface area contributed by atoms with E-state index in [2.05, 4.69) is 182 Å². The molecular formula is C48H30. The summed E-state index contributed by atoms with van der Waals surface area (Å²) < 4.78 is 0. The van der Waals surface area contributed by atoms with Crippen molar-refractivity contribution < 1.29 is 0 Å². The molecule has 0 saturated carbocycles. The van der Waals surface area contributed by atoms with Crippen LogP contribution >= 0.6 is 0 Å². The van der Waals surface area contributed by atoms with Crippen molar-refractivity contribution in [2.24, 2.45) is 0 Å². The molecule has 0 saturated heterocycles. The molecule has 10 aromatic rings. The summed E-state index contributed by atoms with van der Waals surface area (Å²) in [6.07, 6.45) is 0. The minimum absolute atomic E-state index is 1.24. The molecule has 0 N–H and O–H groups in total. The van der Waals surface area contributed by atoms with E-state index in [1.165, 1.54) is 98.0 Å². The lowest BCUT2D eigenvalue weighted by molar-refractivity contribution is 1.64. The van der Waals surface area contributed by atoms with Gasteiger partial charge in [0, 0.05) is 0 Å². The standard InChI is InChI=1S/C48H30/c1-2-14-31(15-3-1)33-28-29-45(38-20-8-4-16-34(33)38)48-43-24-12-10-22-41(43)47(42-23-11-13-25-44(42)48)32-26-27-40-37-19-6-5-17-35(37)36-18-7-9-21-39(36)46(40)30-32/h1-30H. The first-order valence-electron chi connectivity index (χ1n) is 16.7. The maximum Gasteiger partial charge on any atom is -0.00201 e. The predicted molar refractivity (Wildman–Crippen MR) is 208 cm³/mol. The Morgan fingerprint density at radius 1 is 0.188 bits per heavy atom.